The van der Waals surface area contributed by atoms with E-state index >= 15 is 0 Å². The van der Waals surface area contributed by atoms with Crippen molar-refractivity contribution in [1.29, 1.82) is 0 Å². The summed E-state index contributed by atoms with van der Waals surface area (Å²) in [6.07, 6.45) is 1.48. The predicted molar refractivity (Wildman–Crippen MR) is 68.5 cm³/mol. The third-order valence-corrected chi connectivity index (χ3v) is 5.36. The second-order valence-corrected chi connectivity index (χ2v) is 7.01. The largest absolute Gasteiger partial charge is 0.214 e. The van der Waals surface area contributed by atoms with Crippen molar-refractivity contribution in [3.8, 4) is 0 Å². The van der Waals surface area contributed by atoms with Crippen LogP contribution in [0.3, 0.4) is 0 Å². The third-order valence-electron chi connectivity index (χ3n) is 1.78. The summed E-state index contributed by atoms with van der Waals surface area (Å²) in [6.45, 7) is -2.48. The normalized spacial score (nSPS) is 25.3. The van der Waals surface area contributed by atoms with Crippen LogP contribution in [-0.4, -0.2) is 5.17 Å². The molecule has 1 aromatic carbocycles. The Morgan fingerprint density at radius 1 is 1.07 bits per heavy atom. The SMILES string of the molecule is ClC1=CC(Cl)=NP(Cl)(c2ccccc2)=N1. The Morgan fingerprint density at radius 3 is 2.33 bits per heavy atom. The summed E-state index contributed by atoms with van der Waals surface area (Å²) in [5.74, 6) is 0. The summed E-state index contributed by atoms with van der Waals surface area (Å²) in [4.78, 5) is 0. The molecule has 1 aliphatic heterocycles. The van der Waals surface area contributed by atoms with E-state index in [0.29, 0.717) is 10.3 Å². The number of rotatable bonds is 1. The molecule has 1 aliphatic rings. The Kier molecular flexibility index (Phi) is 3.22. The van der Waals surface area contributed by atoms with Crippen molar-refractivity contribution in [3.05, 3.63) is 41.6 Å². The van der Waals surface area contributed by atoms with Crippen molar-refractivity contribution in [2.75, 3.05) is 0 Å². The van der Waals surface area contributed by atoms with E-state index in [2.05, 4.69) is 9.51 Å². The second kappa shape index (κ2) is 4.31. The van der Waals surface area contributed by atoms with Crippen LogP contribution in [0.5, 0.6) is 0 Å². The van der Waals surface area contributed by atoms with Gasteiger partial charge in [-0.15, -0.1) is 0 Å². The molecule has 0 bridgehead atoms. The molecule has 78 valence electrons. The Hall–Kier alpha value is -0.270. The van der Waals surface area contributed by atoms with E-state index < -0.39 is 6.56 Å². The van der Waals surface area contributed by atoms with E-state index in [-0.39, 0.29) is 0 Å². The molecule has 0 saturated carbocycles. The van der Waals surface area contributed by atoms with E-state index in [1.165, 1.54) is 6.08 Å². The summed E-state index contributed by atoms with van der Waals surface area (Å²) in [7, 11) is 0. The van der Waals surface area contributed by atoms with Crippen LogP contribution in [0.15, 0.2) is 51.1 Å². The topological polar surface area (TPSA) is 24.7 Å². The summed E-state index contributed by atoms with van der Waals surface area (Å²) in [5.41, 5.74) is 0. The highest BCUT2D eigenvalue weighted by Crippen LogP contribution is 2.58. The van der Waals surface area contributed by atoms with Crippen LogP contribution in [-0.2, 0) is 0 Å². The van der Waals surface area contributed by atoms with Gasteiger partial charge in [-0.1, -0.05) is 53.5 Å². The Morgan fingerprint density at radius 2 is 1.73 bits per heavy atom. The van der Waals surface area contributed by atoms with Crippen LogP contribution >= 0.6 is 41.0 Å². The Balaban J connectivity index is 2.59. The minimum atomic E-state index is -2.48. The molecule has 0 aliphatic carbocycles. The summed E-state index contributed by atoms with van der Waals surface area (Å²) >= 11 is 18.0. The first-order chi connectivity index (χ1) is 7.10. The molecule has 1 atom stereocenters. The van der Waals surface area contributed by atoms with Crippen LogP contribution in [0.2, 0.25) is 0 Å². The molecule has 1 aromatic rings. The van der Waals surface area contributed by atoms with Gasteiger partial charge in [0.1, 0.15) is 10.3 Å². The van der Waals surface area contributed by atoms with Crippen LogP contribution in [0, 0.1) is 0 Å². The molecule has 0 N–H and O–H groups in total. The summed E-state index contributed by atoms with van der Waals surface area (Å²) < 4.78 is 8.33. The zero-order valence-corrected chi connectivity index (χ0v) is 10.6. The molecule has 0 aromatic heterocycles. The van der Waals surface area contributed by atoms with Gasteiger partial charge in [0.15, 0.2) is 6.56 Å². The maximum Gasteiger partial charge on any atom is 0.195 e. The zero-order chi connectivity index (χ0) is 10.9. The van der Waals surface area contributed by atoms with Gasteiger partial charge in [-0.2, -0.15) is 0 Å². The van der Waals surface area contributed by atoms with Gasteiger partial charge in [-0.3, -0.25) is 0 Å². The minimum Gasteiger partial charge on any atom is -0.214 e. The van der Waals surface area contributed by atoms with Gasteiger partial charge in [-0.05, 0) is 11.2 Å². The lowest BCUT2D eigenvalue weighted by atomic mass is 10.4. The van der Waals surface area contributed by atoms with Crippen LogP contribution in [0.25, 0.3) is 0 Å². The first-order valence-corrected chi connectivity index (χ1v) is 7.46. The fraction of sp³-hybridized carbons (Fsp3) is 0. The number of hydrogen-bond donors (Lipinski definition) is 0. The van der Waals surface area contributed by atoms with Gasteiger partial charge in [-0.25, -0.2) is 9.51 Å². The average Bonchev–Trinajstić information content (AvgIpc) is 2.17. The predicted octanol–water partition coefficient (Wildman–Crippen LogP) is 4.31. The molecule has 6 heteroatoms. The standard InChI is InChI=1S/C9H6Cl3N2P/c10-8-6-9(11)14-15(12,13-8)7-4-2-1-3-5-7/h1-6H. The summed E-state index contributed by atoms with van der Waals surface area (Å²) in [6, 6.07) is 9.40. The number of nitrogens with zero attached hydrogens (tertiary/aromatic N) is 2. The molecule has 2 nitrogen and oxygen atoms in total. The number of halogens is 3. The molecule has 2 rings (SSSR count). The molecule has 0 fully saturated rings. The highest BCUT2D eigenvalue weighted by Gasteiger charge is 2.21. The molecule has 0 spiro atoms. The van der Waals surface area contributed by atoms with E-state index in [1.807, 2.05) is 30.3 Å². The van der Waals surface area contributed by atoms with Crippen LogP contribution in [0.4, 0.5) is 0 Å². The molecule has 15 heavy (non-hydrogen) atoms. The fourth-order valence-corrected chi connectivity index (χ4v) is 4.59. The quantitative estimate of drug-likeness (QED) is 0.540. The van der Waals surface area contributed by atoms with Gasteiger partial charge >= 0.3 is 0 Å². The number of allylic oxidation sites excluding steroid dienone is 1. The molecule has 1 heterocycles. The minimum absolute atomic E-state index is 0.294. The van der Waals surface area contributed by atoms with Crippen molar-refractivity contribution >= 4 is 51.5 Å². The third kappa shape index (κ3) is 2.46. The molecular weight excluding hydrogens is 273 g/mol. The highest BCUT2D eigenvalue weighted by atomic mass is 35.7. The van der Waals surface area contributed by atoms with Crippen molar-refractivity contribution < 1.29 is 0 Å². The monoisotopic (exact) mass is 278 g/mol. The van der Waals surface area contributed by atoms with Crippen molar-refractivity contribution in [1.82, 2.24) is 0 Å². The second-order valence-electron chi connectivity index (χ2n) is 2.85. The van der Waals surface area contributed by atoms with Gasteiger partial charge in [0, 0.05) is 11.4 Å². The molecule has 0 saturated heterocycles. The first kappa shape index (κ1) is 11.2. The molecular formula is C9H6Cl3N2P. The lowest BCUT2D eigenvalue weighted by Gasteiger charge is -2.15. The van der Waals surface area contributed by atoms with Crippen molar-refractivity contribution in [2.24, 2.45) is 9.51 Å². The van der Waals surface area contributed by atoms with Crippen molar-refractivity contribution in [3.63, 3.8) is 0 Å². The molecule has 0 amide bonds. The zero-order valence-electron chi connectivity index (χ0n) is 7.44. The van der Waals surface area contributed by atoms with Gasteiger partial charge < -0.3 is 0 Å². The Bertz CT molecular complexity index is 491. The lowest BCUT2D eigenvalue weighted by Crippen LogP contribution is -2.01. The van der Waals surface area contributed by atoms with Crippen LogP contribution < -0.4 is 5.30 Å². The fourth-order valence-electron chi connectivity index (χ4n) is 1.16. The number of hydrogen-bond acceptors (Lipinski definition) is 2. The average molecular weight is 279 g/mol. The van der Waals surface area contributed by atoms with E-state index in [4.69, 9.17) is 34.4 Å². The van der Waals surface area contributed by atoms with E-state index in [0.717, 1.165) is 5.30 Å². The number of benzene rings is 1. The maximum absolute atomic E-state index is 6.34. The lowest BCUT2D eigenvalue weighted by molar-refractivity contribution is 1.53. The molecule has 0 radical (unpaired) electrons. The van der Waals surface area contributed by atoms with E-state index in [1.54, 1.807) is 0 Å². The smallest absolute Gasteiger partial charge is 0.195 e. The molecule has 1 unspecified atom stereocenters. The van der Waals surface area contributed by atoms with E-state index in [9.17, 15) is 0 Å². The highest BCUT2D eigenvalue weighted by molar-refractivity contribution is 7.96. The van der Waals surface area contributed by atoms with Crippen molar-refractivity contribution in [2.45, 2.75) is 0 Å². The van der Waals surface area contributed by atoms with Gasteiger partial charge in [0.25, 0.3) is 0 Å². The van der Waals surface area contributed by atoms with Crippen LogP contribution in [0.1, 0.15) is 0 Å². The Labute approximate surface area is 102 Å². The van der Waals surface area contributed by atoms with Gasteiger partial charge in [0.2, 0.25) is 0 Å². The maximum atomic E-state index is 6.34. The van der Waals surface area contributed by atoms with Gasteiger partial charge in [0.05, 0.1) is 0 Å². The summed E-state index contributed by atoms with van der Waals surface area (Å²) in [5, 5.41) is 1.43. The first-order valence-electron chi connectivity index (χ1n) is 4.11.